The van der Waals surface area contributed by atoms with Gasteiger partial charge in [-0.15, -0.1) is 0 Å². The van der Waals surface area contributed by atoms with Crippen LogP contribution in [0, 0.1) is 25.2 Å². The lowest BCUT2D eigenvalue weighted by atomic mass is 10.1. The monoisotopic (exact) mass is 451 g/mol. The van der Waals surface area contributed by atoms with E-state index in [4.69, 9.17) is 4.74 Å². The summed E-state index contributed by atoms with van der Waals surface area (Å²) in [6, 6.07) is 9.38. The van der Waals surface area contributed by atoms with Gasteiger partial charge in [0, 0.05) is 31.1 Å². The van der Waals surface area contributed by atoms with Crippen molar-refractivity contribution in [1.82, 2.24) is 9.55 Å². The molecule has 0 bridgehead atoms. The van der Waals surface area contributed by atoms with Crippen molar-refractivity contribution in [3.63, 3.8) is 0 Å². The number of nitrogens with zero attached hydrogens (tertiary/aromatic N) is 3. The van der Waals surface area contributed by atoms with Gasteiger partial charge in [0.15, 0.2) is 5.13 Å². The lowest BCUT2D eigenvalue weighted by molar-refractivity contribution is -0.114. The summed E-state index contributed by atoms with van der Waals surface area (Å²) >= 11 is 1.27. The molecular weight excluding hydrogens is 426 g/mol. The van der Waals surface area contributed by atoms with Crippen molar-refractivity contribution in [2.75, 3.05) is 24.4 Å². The molecule has 0 aliphatic rings. The van der Waals surface area contributed by atoms with E-state index in [9.17, 15) is 14.9 Å². The van der Waals surface area contributed by atoms with Gasteiger partial charge in [0.05, 0.1) is 22.9 Å². The summed E-state index contributed by atoms with van der Waals surface area (Å²) in [6.45, 7) is 8.00. The Hall–Kier alpha value is -3.48. The summed E-state index contributed by atoms with van der Waals surface area (Å²) in [4.78, 5) is 28.4. The molecule has 1 aromatic carbocycles. The number of carbonyl (C=O) groups excluding carboxylic acids is 2. The molecule has 32 heavy (non-hydrogen) atoms. The number of benzene rings is 1. The Balaban J connectivity index is 1.84. The van der Waals surface area contributed by atoms with Crippen LogP contribution in [0.2, 0.25) is 0 Å². The lowest BCUT2D eigenvalue weighted by Crippen LogP contribution is -2.14. The molecule has 2 aromatic heterocycles. The SMILES string of the molecule is COCC(C)n1c(C)cc(/C=C(\C#N)C(=O)Nc2nc3ccc(NC(C)=O)cc3s2)c1C. The highest BCUT2D eigenvalue weighted by Gasteiger charge is 2.17. The Morgan fingerprint density at radius 3 is 2.72 bits per heavy atom. The minimum atomic E-state index is -0.525. The third kappa shape index (κ3) is 5.04. The van der Waals surface area contributed by atoms with Crippen LogP contribution in [-0.4, -0.2) is 35.1 Å². The molecule has 0 aliphatic heterocycles. The van der Waals surface area contributed by atoms with E-state index in [0.717, 1.165) is 21.7 Å². The third-order valence-corrected chi connectivity index (χ3v) is 5.90. The smallest absolute Gasteiger partial charge is 0.268 e. The van der Waals surface area contributed by atoms with Crippen molar-refractivity contribution in [2.45, 2.75) is 33.7 Å². The van der Waals surface area contributed by atoms with E-state index in [-0.39, 0.29) is 17.5 Å². The van der Waals surface area contributed by atoms with Crippen LogP contribution in [0.4, 0.5) is 10.8 Å². The number of hydrogen-bond acceptors (Lipinski definition) is 6. The number of ether oxygens (including phenoxy) is 1. The number of methoxy groups -OCH3 is 1. The molecular formula is C23H25N5O3S. The third-order valence-electron chi connectivity index (χ3n) is 4.97. The molecule has 1 unspecified atom stereocenters. The summed E-state index contributed by atoms with van der Waals surface area (Å²) < 4.78 is 8.19. The van der Waals surface area contributed by atoms with Gasteiger partial charge in [0.2, 0.25) is 5.91 Å². The molecule has 2 amide bonds. The molecule has 9 heteroatoms. The fraction of sp³-hybridized carbons (Fsp3) is 0.304. The van der Waals surface area contributed by atoms with Crippen LogP contribution in [0.5, 0.6) is 0 Å². The number of rotatable bonds is 7. The maximum atomic E-state index is 12.8. The second kappa shape index (κ2) is 9.77. The predicted octanol–water partition coefficient (Wildman–Crippen LogP) is 4.43. The Morgan fingerprint density at radius 2 is 2.06 bits per heavy atom. The molecule has 3 aromatic rings. The number of nitriles is 1. The molecule has 2 heterocycles. The summed E-state index contributed by atoms with van der Waals surface area (Å²) in [5.74, 6) is -0.689. The van der Waals surface area contributed by atoms with Gasteiger partial charge in [-0.05, 0) is 56.7 Å². The summed E-state index contributed by atoms with van der Waals surface area (Å²) in [6.07, 6.45) is 1.59. The van der Waals surface area contributed by atoms with E-state index >= 15 is 0 Å². The number of hydrogen-bond donors (Lipinski definition) is 2. The first-order chi connectivity index (χ1) is 15.2. The number of anilines is 2. The van der Waals surface area contributed by atoms with E-state index in [1.165, 1.54) is 18.3 Å². The van der Waals surface area contributed by atoms with E-state index in [1.54, 1.807) is 31.4 Å². The highest BCUT2D eigenvalue weighted by molar-refractivity contribution is 7.22. The first-order valence-corrected chi connectivity index (χ1v) is 10.8. The van der Waals surface area contributed by atoms with Crippen LogP contribution in [-0.2, 0) is 14.3 Å². The molecule has 0 radical (unpaired) electrons. The zero-order valence-electron chi connectivity index (χ0n) is 18.6. The van der Waals surface area contributed by atoms with Gasteiger partial charge < -0.3 is 14.6 Å². The number of nitrogens with one attached hydrogen (secondary N) is 2. The van der Waals surface area contributed by atoms with Gasteiger partial charge in [-0.1, -0.05) is 11.3 Å². The molecule has 0 aliphatic carbocycles. The van der Waals surface area contributed by atoms with E-state index in [1.807, 2.05) is 26.0 Å². The van der Waals surface area contributed by atoms with Gasteiger partial charge in [-0.25, -0.2) is 4.98 Å². The van der Waals surface area contributed by atoms with Crippen molar-refractivity contribution < 1.29 is 14.3 Å². The van der Waals surface area contributed by atoms with E-state index in [2.05, 4.69) is 27.1 Å². The normalized spacial score (nSPS) is 12.4. The van der Waals surface area contributed by atoms with E-state index < -0.39 is 5.91 Å². The molecule has 0 fully saturated rings. The first kappa shape index (κ1) is 23.2. The van der Waals surface area contributed by atoms with Crippen LogP contribution >= 0.6 is 11.3 Å². The number of aryl methyl sites for hydroxylation is 1. The van der Waals surface area contributed by atoms with Crippen LogP contribution < -0.4 is 10.6 Å². The molecule has 0 spiro atoms. The predicted molar refractivity (Wildman–Crippen MR) is 127 cm³/mol. The highest BCUT2D eigenvalue weighted by atomic mass is 32.1. The quantitative estimate of drug-likeness (QED) is 0.408. The first-order valence-electron chi connectivity index (χ1n) is 10.0. The molecule has 3 rings (SSSR count). The fourth-order valence-corrected chi connectivity index (χ4v) is 4.57. The highest BCUT2D eigenvalue weighted by Crippen LogP contribution is 2.29. The maximum Gasteiger partial charge on any atom is 0.268 e. The van der Waals surface area contributed by atoms with Crippen molar-refractivity contribution in [3.8, 4) is 6.07 Å². The number of carbonyl (C=O) groups is 2. The van der Waals surface area contributed by atoms with Crippen molar-refractivity contribution in [1.29, 1.82) is 5.26 Å². The molecule has 166 valence electrons. The zero-order chi connectivity index (χ0) is 23.4. The van der Waals surface area contributed by atoms with Crippen molar-refractivity contribution in [3.05, 3.63) is 46.8 Å². The largest absolute Gasteiger partial charge is 0.383 e. The van der Waals surface area contributed by atoms with Gasteiger partial charge in [0.1, 0.15) is 11.6 Å². The minimum Gasteiger partial charge on any atom is -0.383 e. The Bertz CT molecular complexity index is 1250. The Kier molecular flexibility index (Phi) is 7.08. The van der Waals surface area contributed by atoms with Crippen LogP contribution in [0.3, 0.4) is 0 Å². The zero-order valence-corrected chi connectivity index (χ0v) is 19.5. The fourth-order valence-electron chi connectivity index (χ4n) is 3.67. The number of thiazole rings is 1. The molecule has 0 saturated heterocycles. The van der Waals surface area contributed by atoms with Crippen molar-refractivity contribution >= 4 is 50.3 Å². The minimum absolute atomic E-state index is 0.0113. The average Bonchev–Trinajstić information content (AvgIpc) is 3.24. The summed E-state index contributed by atoms with van der Waals surface area (Å²) in [7, 11) is 1.66. The average molecular weight is 452 g/mol. The van der Waals surface area contributed by atoms with Gasteiger partial charge in [-0.3, -0.25) is 14.9 Å². The molecule has 1 atom stereocenters. The summed E-state index contributed by atoms with van der Waals surface area (Å²) in [5.41, 5.74) is 4.12. The molecule has 0 saturated carbocycles. The second-order valence-electron chi connectivity index (χ2n) is 7.51. The Labute approximate surface area is 190 Å². The standard InChI is InChI=1S/C23H25N5O3S/c1-13-8-17(15(3)28(13)14(2)12-31-5)9-18(11-24)22(30)27-23-26-20-7-6-19(25-16(4)29)10-21(20)32-23/h6-10,14H,12H2,1-5H3,(H,25,29)(H,26,27,30)/b18-9+. The van der Waals surface area contributed by atoms with Gasteiger partial charge in [-0.2, -0.15) is 5.26 Å². The van der Waals surface area contributed by atoms with Crippen LogP contribution in [0.1, 0.15) is 36.8 Å². The van der Waals surface area contributed by atoms with Crippen LogP contribution in [0.25, 0.3) is 16.3 Å². The summed E-state index contributed by atoms with van der Waals surface area (Å²) in [5, 5.41) is 15.4. The van der Waals surface area contributed by atoms with Crippen molar-refractivity contribution in [2.24, 2.45) is 0 Å². The van der Waals surface area contributed by atoms with Crippen LogP contribution in [0.15, 0.2) is 29.8 Å². The number of amides is 2. The molecule has 2 N–H and O–H groups in total. The number of aromatic nitrogens is 2. The van der Waals surface area contributed by atoms with E-state index in [0.29, 0.717) is 22.9 Å². The second-order valence-corrected chi connectivity index (χ2v) is 8.54. The lowest BCUT2D eigenvalue weighted by Gasteiger charge is -2.17. The Morgan fingerprint density at radius 1 is 1.31 bits per heavy atom. The van der Waals surface area contributed by atoms with Gasteiger partial charge >= 0.3 is 0 Å². The number of fused-ring (bicyclic) bond motifs is 1. The maximum absolute atomic E-state index is 12.8. The molecule has 8 nitrogen and oxygen atoms in total. The van der Waals surface area contributed by atoms with Gasteiger partial charge in [0.25, 0.3) is 5.91 Å². The topological polar surface area (TPSA) is 109 Å².